The Morgan fingerprint density at radius 2 is 2.18 bits per heavy atom. The first-order valence-electron chi connectivity index (χ1n) is 5.95. The number of rotatable bonds is 8. The third-order valence-electron chi connectivity index (χ3n) is 2.49. The first-order chi connectivity index (χ1) is 8.25. The zero-order valence-corrected chi connectivity index (χ0v) is 10.6. The smallest absolute Gasteiger partial charge is 0.0782 e. The van der Waals surface area contributed by atoms with Gasteiger partial charge in [-0.1, -0.05) is 6.08 Å². The fraction of sp³-hybridized carbons (Fsp3) is 0.538. The first-order valence-corrected chi connectivity index (χ1v) is 5.95. The Morgan fingerprint density at radius 3 is 2.88 bits per heavy atom. The SMILES string of the molecule is C=CCCOCCNC(C)c1nccnc1C. The molecule has 4 heteroatoms. The lowest BCUT2D eigenvalue weighted by Crippen LogP contribution is -2.25. The van der Waals surface area contributed by atoms with Crippen LogP contribution in [0.1, 0.15) is 30.8 Å². The predicted octanol–water partition coefficient (Wildman–Crippen LogP) is 2.03. The quantitative estimate of drug-likeness (QED) is 0.553. The van der Waals surface area contributed by atoms with Gasteiger partial charge in [-0.25, -0.2) is 0 Å². The van der Waals surface area contributed by atoms with Crippen molar-refractivity contribution in [3.05, 3.63) is 36.4 Å². The van der Waals surface area contributed by atoms with Crippen molar-refractivity contribution in [2.24, 2.45) is 0 Å². The number of hydrogen-bond donors (Lipinski definition) is 1. The summed E-state index contributed by atoms with van der Waals surface area (Å²) in [6, 6.07) is 0.201. The monoisotopic (exact) mass is 235 g/mol. The lowest BCUT2D eigenvalue weighted by molar-refractivity contribution is 0.138. The average molecular weight is 235 g/mol. The second-order valence-electron chi connectivity index (χ2n) is 3.89. The van der Waals surface area contributed by atoms with Crippen molar-refractivity contribution >= 4 is 0 Å². The average Bonchev–Trinajstić information content (AvgIpc) is 2.34. The van der Waals surface area contributed by atoms with Crippen LogP contribution in [-0.2, 0) is 4.74 Å². The number of aryl methyl sites for hydroxylation is 1. The van der Waals surface area contributed by atoms with E-state index in [-0.39, 0.29) is 6.04 Å². The third kappa shape index (κ3) is 5.06. The molecule has 0 bridgehead atoms. The van der Waals surface area contributed by atoms with E-state index >= 15 is 0 Å². The van der Waals surface area contributed by atoms with Crippen LogP contribution in [0.5, 0.6) is 0 Å². The minimum Gasteiger partial charge on any atom is -0.380 e. The van der Waals surface area contributed by atoms with Crippen molar-refractivity contribution in [1.29, 1.82) is 0 Å². The molecule has 4 nitrogen and oxygen atoms in total. The highest BCUT2D eigenvalue weighted by atomic mass is 16.5. The van der Waals surface area contributed by atoms with Crippen LogP contribution in [0.15, 0.2) is 25.0 Å². The number of nitrogens with one attached hydrogen (secondary N) is 1. The van der Waals surface area contributed by atoms with Crippen molar-refractivity contribution in [3.8, 4) is 0 Å². The van der Waals surface area contributed by atoms with Crippen LogP contribution in [-0.4, -0.2) is 29.7 Å². The third-order valence-corrected chi connectivity index (χ3v) is 2.49. The zero-order chi connectivity index (χ0) is 12.5. The molecule has 0 aliphatic heterocycles. The van der Waals surface area contributed by atoms with Gasteiger partial charge < -0.3 is 10.1 Å². The topological polar surface area (TPSA) is 47.0 Å². The highest BCUT2D eigenvalue weighted by molar-refractivity contribution is 5.12. The molecule has 0 fully saturated rings. The van der Waals surface area contributed by atoms with E-state index in [2.05, 4.69) is 28.8 Å². The highest BCUT2D eigenvalue weighted by Gasteiger charge is 2.08. The summed E-state index contributed by atoms with van der Waals surface area (Å²) in [4.78, 5) is 8.55. The molecule has 0 saturated carbocycles. The van der Waals surface area contributed by atoms with Gasteiger partial charge in [0, 0.05) is 25.0 Å². The molecule has 1 aromatic heterocycles. The number of nitrogens with zero attached hydrogens (tertiary/aromatic N) is 2. The molecule has 94 valence electrons. The number of aromatic nitrogens is 2. The summed E-state index contributed by atoms with van der Waals surface area (Å²) in [6.45, 7) is 9.96. The van der Waals surface area contributed by atoms with Crippen LogP contribution in [0.3, 0.4) is 0 Å². The molecule has 0 aliphatic carbocycles. The Hall–Kier alpha value is -1.26. The summed E-state index contributed by atoms with van der Waals surface area (Å²) < 4.78 is 5.42. The van der Waals surface area contributed by atoms with E-state index < -0.39 is 0 Å². The van der Waals surface area contributed by atoms with Gasteiger partial charge in [0.05, 0.1) is 24.6 Å². The molecule has 1 N–H and O–H groups in total. The fourth-order valence-corrected chi connectivity index (χ4v) is 1.56. The maximum Gasteiger partial charge on any atom is 0.0782 e. The summed E-state index contributed by atoms with van der Waals surface area (Å²) in [6.07, 6.45) is 6.20. The van der Waals surface area contributed by atoms with Gasteiger partial charge in [0.25, 0.3) is 0 Å². The van der Waals surface area contributed by atoms with Crippen LogP contribution in [0, 0.1) is 6.92 Å². The maximum absolute atomic E-state index is 5.42. The fourth-order valence-electron chi connectivity index (χ4n) is 1.56. The van der Waals surface area contributed by atoms with E-state index in [0.29, 0.717) is 6.61 Å². The Morgan fingerprint density at radius 1 is 1.41 bits per heavy atom. The van der Waals surface area contributed by atoms with Crippen LogP contribution < -0.4 is 5.32 Å². The summed E-state index contributed by atoms with van der Waals surface area (Å²) in [7, 11) is 0. The van der Waals surface area contributed by atoms with Crippen molar-refractivity contribution in [2.45, 2.75) is 26.3 Å². The van der Waals surface area contributed by atoms with Crippen LogP contribution >= 0.6 is 0 Å². The maximum atomic E-state index is 5.42. The van der Waals surface area contributed by atoms with E-state index in [9.17, 15) is 0 Å². The van der Waals surface area contributed by atoms with E-state index in [4.69, 9.17) is 4.74 Å². The van der Waals surface area contributed by atoms with Gasteiger partial charge in [-0.3, -0.25) is 9.97 Å². The van der Waals surface area contributed by atoms with E-state index in [1.165, 1.54) is 0 Å². The van der Waals surface area contributed by atoms with Crippen molar-refractivity contribution in [3.63, 3.8) is 0 Å². The van der Waals surface area contributed by atoms with E-state index in [0.717, 1.165) is 31.0 Å². The summed E-state index contributed by atoms with van der Waals surface area (Å²) >= 11 is 0. The molecule has 1 atom stereocenters. The van der Waals surface area contributed by atoms with Gasteiger partial charge in [-0.2, -0.15) is 0 Å². The van der Waals surface area contributed by atoms with Crippen LogP contribution in [0.2, 0.25) is 0 Å². The largest absolute Gasteiger partial charge is 0.380 e. The number of ether oxygens (including phenoxy) is 1. The zero-order valence-electron chi connectivity index (χ0n) is 10.6. The number of hydrogen-bond acceptors (Lipinski definition) is 4. The Labute approximate surface area is 103 Å². The minimum absolute atomic E-state index is 0.201. The summed E-state index contributed by atoms with van der Waals surface area (Å²) in [5, 5.41) is 3.36. The molecule has 0 spiro atoms. The Bertz CT molecular complexity index is 341. The predicted molar refractivity (Wildman–Crippen MR) is 68.8 cm³/mol. The molecule has 0 aromatic carbocycles. The standard InChI is InChI=1S/C13H21N3O/c1-4-5-9-17-10-8-15-12(3)13-11(2)14-6-7-16-13/h4,6-7,12,15H,1,5,8-10H2,2-3H3. The Balaban J connectivity index is 2.23. The van der Waals surface area contributed by atoms with Crippen molar-refractivity contribution < 1.29 is 4.74 Å². The first kappa shape index (κ1) is 13.8. The van der Waals surface area contributed by atoms with Gasteiger partial charge in [-0.05, 0) is 20.3 Å². The normalized spacial score (nSPS) is 12.4. The highest BCUT2D eigenvalue weighted by Crippen LogP contribution is 2.10. The van der Waals surface area contributed by atoms with Gasteiger partial charge >= 0.3 is 0 Å². The van der Waals surface area contributed by atoms with Gasteiger partial charge in [0.2, 0.25) is 0 Å². The van der Waals surface area contributed by atoms with Crippen LogP contribution in [0.25, 0.3) is 0 Å². The van der Waals surface area contributed by atoms with Crippen LogP contribution in [0.4, 0.5) is 0 Å². The summed E-state index contributed by atoms with van der Waals surface area (Å²) in [5.41, 5.74) is 1.97. The molecule has 0 amide bonds. The molecular weight excluding hydrogens is 214 g/mol. The molecule has 1 unspecified atom stereocenters. The van der Waals surface area contributed by atoms with Crippen molar-refractivity contribution in [2.75, 3.05) is 19.8 Å². The lowest BCUT2D eigenvalue weighted by Gasteiger charge is -2.14. The minimum atomic E-state index is 0.201. The van der Waals surface area contributed by atoms with Gasteiger partial charge in [-0.15, -0.1) is 6.58 Å². The summed E-state index contributed by atoms with van der Waals surface area (Å²) in [5.74, 6) is 0. The second kappa shape index (κ2) is 7.92. The van der Waals surface area contributed by atoms with Gasteiger partial charge in [0.1, 0.15) is 0 Å². The molecule has 0 aliphatic rings. The van der Waals surface area contributed by atoms with E-state index in [1.807, 2.05) is 13.0 Å². The molecular formula is C13H21N3O. The molecule has 17 heavy (non-hydrogen) atoms. The van der Waals surface area contributed by atoms with E-state index in [1.54, 1.807) is 12.4 Å². The van der Waals surface area contributed by atoms with Gasteiger partial charge in [0.15, 0.2) is 0 Å². The lowest BCUT2D eigenvalue weighted by atomic mass is 10.2. The molecule has 1 aromatic rings. The second-order valence-corrected chi connectivity index (χ2v) is 3.89. The molecule has 1 heterocycles. The molecule has 0 radical (unpaired) electrons. The molecule has 1 rings (SSSR count). The Kier molecular flexibility index (Phi) is 6.43. The van der Waals surface area contributed by atoms with Crippen molar-refractivity contribution in [1.82, 2.24) is 15.3 Å². The molecule has 0 saturated heterocycles.